The zero-order valence-electron chi connectivity index (χ0n) is 4.96. The maximum atomic E-state index is 5.31. The van der Waals surface area contributed by atoms with Crippen LogP contribution in [0.3, 0.4) is 0 Å². The van der Waals surface area contributed by atoms with Crippen molar-refractivity contribution in [2.45, 2.75) is 6.82 Å². The number of fused-ring (bicyclic) bond motifs is 1. The van der Waals surface area contributed by atoms with Gasteiger partial charge >= 0.3 is 6.69 Å². The van der Waals surface area contributed by atoms with Crippen LogP contribution in [0.4, 0.5) is 0 Å². The van der Waals surface area contributed by atoms with Crippen molar-refractivity contribution in [3.8, 4) is 0 Å². The second-order valence-electron chi connectivity index (χ2n) is 2.52. The molecular formula is C4H9BNO2-. The molecule has 1 unspecified atom stereocenters. The third-order valence-corrected chi connectivity index (χ3v) is 2.02. The fraction of sp³-hybridized carbons (Fsp3) is 1.00. The Bertz CT molecular complexity index is 121. The smallest absolute Gasteiger partial charge is 0.317 e. The van der Waals surface area contributed by atoms with E-state index in [1.54, 1.807) is 0 Å². The molecule has 2 heterocycles. The average molecular weight is 114 g/mol. The Morgan fingerprint density at radius 1 is 1.50 bits per heavy atom. The van der Waals surface area contributed by atoms with Crippen LogP contribution < -0.4 is 0 Å². The van der Waals surface area contributed by atoms with Crippen LogP contribution in [0, 0.1) is 0 Å². The fourth-order valence-electron chi connectivity index (χ4n) is 1.23. The van der Waals surface area contributed by atoms with E-state index in [2.05, 4.69) is 4.81 Å². The highest BCUT2D eigenvalue weighted by Gasteiger charge is 2.40. The van der Waals surface area contributed by atoms with Gasteiger partial charge in [0.1, 0.15) is 0 Å². The third-order valence-electron chi connectivity index (χ3n) is 2.02. The van der Waals surface area contributed by atoms with Gasteiger partial charge in [-0.3, -0.25) is 0 Å². The second kappa shape index (κ2) is 1.26. The van der Waals surface area contributed by atoms with Crippen molar-refractivity contribution in [3.05, 3.63) is 0 Å². The molecule has 0 aromatic rings. The lowest BCUT2D eigenvalue weighted by Gasteiger charge is -2.52. The first-order chi connectivity index (χ1) is 3.81. The van der Waals surface area contributed by atoms with E-state index >= 15 is 0 Å². The topological polar surface area (TPSA) is 21.7 Å². The van der Waals surface area contributed by atoms with E-state index < -0.39 is 6.69 Å². The highest BCUT2D eigenvalue weighted by atomic mass is 16.7. The molecule has 0 amide bonds. The van der Waals surface area contributed by atoms with Gasteiger partial charge in [0.05, 0.1) is 0 Å². The summed E-state index contributed by atoms with van der Waals surface area (Å²) in [5.41, 5.74) is 0. The molecule has 0 saturated carbocycles. The Labute approximate surface area is 48.6 Å². The maximum absolute atomic E-state index is 5.31. The van der Waals surface area contributed by atoms with Crippen molar-refractivity contribution >= 4 is 6.69 Å². The molecule has 2 fully saturated rings. The van der Waals surface area contributed by atoms with Gasteiger partial charge in [0.25, 0.3) is 0 Å². The Kier molecular flexibility index (Phi) is 0.756. The molecule has 2 aliphatic heterocycles. The number of rotatable bonds is 0. The summed E-state index contributed by atoms with van der Waals surface area (Å²) < 4.78 is 10.5. The van der Waals surface area contributed by atoms with E-state index in [-0.39, 0.29) is 0 Å². The van der Waals surface area contributed by atoms with E-state index in [0.29, 0.717) is 0 Å². The van der Waals surface area contributed by atoms with Crippen LogP contribution in [0.2, 0.25) is 6.82 Å². The highest BCUT2D eigenvalue weighted by molar-refractivity contribution is 6.65. The lowest BCUT2D eigenvalue weighted by Crippen LogP contribution is -2.62. The minimum Gasteiger partial charge on any atom is -0.554 e. The third kappa shape index (κ3) is 0.405. The molecule has 4 heteroatoms. The van der Waals surface area contributed by atoms with Gasteiger partial charge in [-0.1, -0.05) is 0 Å². The Morgan fingerprint density at radius 2 is 2.38 bits per heavy atom. The highest BCUT2D eigenvalue weighted by Crippen LogP contribution is 2.27. The van der Waals surface area contributed by atoms with Gasteiger partial charge in [0.15, 0.2) is 0 Å². The first kappa shape index (κ1) is 4.79. The van der Waals surface area contributed by atoms with Crippen molar-refractivity contribution in [3.63, 3.8) is 0 Å². The SMILES string of the molecule is C[B-]12OCCN1CO2. The molecule has 0 aromatic carbocycles. The van der Waals surface area contributed by atoms with Gasteiger partial charge < -0.3 is 14.1 Å². The molecule has 3 nitrogen and oxygen atoms in total. The van der Waals surface area contributed by atoms with E-state index in [1.807, 2.05) is 6.82 Å². The van der Waals surface area contributed by atoms with Crippen molar-refractivity contribution in [1.82, 2.24) is 4.81 Å². The van der Waals surface area contributed by atoms with Crippen molar-refractivity contribution in [2.24, 2.45) is 0 Å². The molecule has 0 N–H and O–H groups in total. The predicted molar refractivity (Wildman–Crippen MR) is 30.2 cm³/mol. The van der Waals surface area contributed by atoms with Gasteiger partial charge in [-0.2, -0.15) is 0 Å². The van der Waals surface area contributed by atoms with Gasteiger partial charge in [-0.25, -0.2) is 0 Å². The van der Waals surface area contributed by atoms with Crippen LogP contribution in [-0.2, 0) is 9.31 Å². The van der Waals surface area contributed by atoms with E-state index in [1.165, 1.54) is 0 Å². The average Bonchev–Trinajstić information content (AvgIpc) is 1.94. The van der Waals surface area contributed by atoms with E-state index in [4.69, 9.17) is 9.31 Å². The molecule has 46 valence electrons. The van der Waals surface area contributed by atoms with Gasteiger partial charge in [-0.05, 0) is 6.54 Å². The molecule has 2 saturated heterocycles. The molecule has 0 radical (unpaired) electrons. The Balaban J connectivity index is 2.14. The molecule has 0 spiro atoms. The van der Waals surface area contributed by atoms with Gasteiger partial charge in [0.2, 0.25) is 0 Å². The summed E-state index contributed by atoms with van der Waals surface area (Å²) in [7, 11) is 0. The van der Waals surface area contributed by atoms with Gasteiger partial charge in [0, 0.05) is 13.3 Å². The predicted octanol–water partition coefficient (Wildman–Crippen LogP) is -0.125. The molecule has 8 heavy (non-hydrogen) atoms. The summed E-state index contributed by atoms with van der Waals surface area (Å²) in [6, 6.07) is 0. The standard InChI is InChI=1S/C4H9BNO2/c1-5-6(4-8-5)2-3-7-5/h2-4H2,1H3/q-1. The Morgan fingerprint density at radius 3 is 2.62 bits per heavy atom. The summed E-state index contributed by atoms with van der Waals surface area (Å²) in [6.45, 7) is 3.76. The lowest BCUT2D eigenvalue weighted by atomic mass is 9.71. The quantitative estimate of drug-likeness (QED) is 0.409. The molecule has 0 bridgehead atoms. The monoisotopic (exact) mass is 114 g/mol. The van der Waals surface area contributed by atoms with Crippen molar-refractivity contribution < 1.29 is 9.31 Å². The summed E-state index contributed by atoms with van der Waals surface area (Å²) >= 11 is 0. The molecule has 1 atom stereocenters. The minimum absolute atomic E-state index is 0.774. The van der Waals surface area contributed by atoms with Crippen LogP contribution >= 0.6 is 0 Å². The molecular weight excluding hydrogens is 105 g/mol. The van der Waals surface area contributed by atoms with E-state index in [0.717, 1.165) is 19.9 Å². The van der Waals surface area contributed by atoms with Gasteiger partial charge in [-0.15, -0.1) is 6.82 Å². The normalized spacial score (nSPS) is 46.1. The second-order valence-corrected chi connectivity index (χ2v) is 2.52. The maximum Gasteiger partial charge on any atom is 0.317 e. The summed E-state index contributed by atoms with van der Waals surface area (Å²) in [4.78, 5) is 2.22. The number of hydrogen-bond acceptors (Lipinski definition) is 3. The van der Waals surface area contributed by atoms with Crippen LogP contribution in [-0.4, -0.2) is 31.4 Å². The summed E-state index contributed by atoms with van der Waals surface area (Å²) in [5, 5.41) is 0. The number of hydrogen-bond donors (Lipinski definition) is 0. The summed E-state index contributed by atoms with van der Waals surface area (Å²) in [6.07, 6.45) is 0. The first-order valence-corrected chi connectivity index (χ1v) is 3.02. The molecule has 2 aliphatic rings. The number of nitrogens with zero attached hydrogens (tertiary/aromatic N) is 1. The zero-order chi connectivity index (χ0) is 5.61. The van der Waals surface area contributed by atoms with E-state index in [9.17, 15) is 0 Å². The molecule has 0 aliphatic carbocycles. The van der Waals surface area contributed by atoms with Crippen molar-refractivity contribution in [1.29, 1.82) is 0 Å². The van der Waals surface area contributed by atoms with Crippen LogP contribution in [0.5, 0.6) is 0 Å². The van der Waals surface area contributed by atoms with Crippen LogP contribution in [0.15, 0.2) is 0 Å². The van der Waals surface area contributed by atoms with Crippen LogP contribution in [0.1, 0.15) is 0 Å². The minimum atomic E-state index is -0.917. The zero-order valence-corrected chi connectivity index (χ0v) is 4.96. The fourth-order valence-corrected chi connectivity index (χ4v) is 1.23. The molecule has 2 rings (SSSR count). The lowest BCUT2D eigenvalue weighted by molar-refractivity contribution is 0.0455. The largest absolute Gasteiger partial charge is 0.554 e. The Hall–Kier alpha value is -0.0551. The van der Waals surface area contributed by atoms with Crippen LogP contribution in [0.25, 0.3) is 0 Å². The summed E-state index contributed by atoms with van der Waals surface area (Å²) in [5.74, 6) is 0. The van der Waals surface area contributed by atoms with Crippen molar-refractivity contribution in [2.75, 3.05) is 19.9 Å². The molecule has 0 aromatic heterocycles. The first-order valence-electron chi connectivity index (χ1n) is 3.02.